The van der Waals surface area contributed by atoms with Crippen molar-refractivity contribution in [1.29, 1.82) is 0 Å². The third-order valence-corrected chi connectivity index (χ3v) is 5.68. The molecule has 1 nitrogen and oxygen atoms in total. The van der Waals surface area contributed by atoms with Gasteiger partial charge in [0.15, 0.2) is 0 Å². The number of hydrogen-bond donors (Lipinski definition) is 1. The Hall–Kier alpha value is -0.980. The van der Waals surface area contributed by atoms with Crippen LogP contribution in [0.2, 0.25) is 0 Å². The van der Waals surface area contributed by atoms with Crippen LogP contribution < -0.4 is 0 Å². The first-order valence-corrected chi connectivity index (χ1v) is 10.3. The Kier molecular flexibility index (Phi) is 10.1. The van der Waals surface area contributed by atoms with Gasteiger partial charge in [-0.25, -0.2) is 0 Å². The lowest BCUT2D eigenvalue weighted by atomic mass is 9.79. The van der Waals surface area contributed by atoms with Gasteiger partial charge in [0.2, 0.25) is 0 Å². The van der Waals surface area contributed by atoms with E-state index in [4.69, 9.17) is 0 Å². The molecular weight excluding hydrogens is 292 g/mol. The lowest BCUT2D eigenvalue weighted by Gasteiger charge is -2.26. The highest BCUT2D eigenvalue weighted by molar-refractivity contribution is 5.28. The van der Waals surface area contributed by atoms with Crippen molar-refractivity contribution < 1.29 is 5.11 Å². The van der Waals surface area contributed by atoms with Crippen molar-refractivity contribution in [3.8, 4) is 5.75 Å². The molecule has 3 rings (SSSR count). The Bertz CT molecular complexity index is 396. The normalized spacial score (nSPS) is 29.5. The Labute approximate surface area is 150 Å². The summed E-state index contributed by atoms with van der Waals surface area (Å²) in [5, 5.41) is 9.20. The summed E-state index contributed by atoms with van der Waals surface area (Å²) in [6.07, 6.45) is 11.2. The minimum atomic E-state index is 0.373. The highest BCUT2D eigenvalue weighted by Crippen LogP contribution is 2.35. The van der Waals surface area contributed by atoms with Crippen molar-refractivity contribution in [2.75, 3.05) is 0 Å². The Morgan fingerprint density at radius 3 is 1.33 bits per heavy atom. The molecule has 1 aromatic carbocycles. The van der Waals surface area contributed by atoms with Crippen LogP contribution in [0.1, 0.15) is 97.5 Å². The van der Waals surface area contributed by atoms with E-state index in [0.717, 1.165) is 23.7 Å². The second kappa shape index (κ2) is 11.6. The van der Waals surface area contributed by atoms with Crippen molar-refractivity contribution in [2.45, 2.75) is 91.9 Å². The van der Waals surface area contributed by atoms with Crippen molar-refractivity contribution in [3.63, 3.8) is 0 Å². The molecule has 0 heterocycles. The fourth-order valence-electron chi connectivity index (χ4n) is 3.77. The Balaban J connectivity index is 0.000000245. The van der Waals surface area contributed by atoms with E-state index in [2.05, 4.69) is 32.9 Å². The van der Waals surface area contributed by atoms with Gasteiger partial charge in [-0.15, -0.1) is 0 Å². The Morgan fingerprint density at radius 1 is 0.625 bits per heavy atom. The third-order valence-electron chi connectivity index (χ3n) is 5.68. The van der Waals surface area contributed by atoms with Crippen LogP contribution in [-0.4, -0.2) is 5.11 Å². The highest BCUT2D eigenvalue weighted by Gasteiger charge is 2.19. The maximum Gasteiger partial charge on any atom is 0.115 e. The van der Waals surface area contributed by atoms with Crippen molar-refractivity contribution in [1.82, 2.24) is 0 Å². The summed E-state index contributed by atoms with van der Waals surface area (Å²) in [4.78, 5) is 0. The minimum absolute atomic E-state index is 0.373. The summed E-state index contributed by atoms with van der Waals surface area (Å²) < 4.78 is 0. The van der Waals surface area contributed by atoms with Crippen LogP contribution in [0.5, 0.6) is 5.75 Å². The third kappa shape index (κ3) is 7.73. The minimum Gasteiger partial charge on any atom is -0.508 e. The summed E-state index contributed by atoms with van der Waals surface area (Å²) in [5.41, 5.74) is 1.40. The molecule has 0 radical (unpaired) electrons. The smallest absolute Gasteiger partial charge is 0.115 e. The first-order valence-electron chi connectivity index (χ1n) is 10.3. The number of aromatic hydroxyl groups is 1. The van der Waals surface area contributed by atoms with Crippen molar-refractivity contribution in [3.05, 3.63) is 29.8 Å². The quantitative estimate of drug-likeness (QED) is 0.563. The van der Waals surface area contributed by atoms with Crippen molar-refractivity contribution in [2.24, 2.45) is 17.8 Å². The fourth-order valence-corrected chi connectivity index (χ4v) is 3.77. The summed E-state index contributed by atoms with van der Waals surface area (Å²) in [6.45, 7) is 11.1. The Morgan fingerprint density at radius 2 is 0.958 bits per heavy atom. The van der Waals surface area contributed by atoms with Crippen LogP contribution in [0, 0.1) is 17.8 Å². The zero-order valence-corrected chi connectivity index (χ0v) is 16.7. The van der Waals surface area contributed by atoms with Gasteiger partial charge in [-0.05, 0) is 54.2 Å². The van der Waals surface area contributed by atoms with Gasteiger partial charge in [-0.2, -0.15) is 0 Å². The number of rotatable bonds is 1. The molecule has 138 valence electrons. The second-order valence-corrected chi connectivity index (χ2v) is 7.91. The first kappa shape index (κ1) is 21.1. The number of benzene rings is 1. The van der Waals surface area contributed by atoms with E-state index in [9.17, 15) is 5.11 Å². The molecule has 0 spiro atoms. The average molecular weight is 333 g/mol. The predicted octanol–water partition coefficient (Wildman–Crippen LogP) is 7.54. The average Bonchev–Trinajstić information content (AvgIpc) is 2.61. The maximum atomic E-state index is 9.20. The molecule has 0 amide bonds. The van der Waals surface area contributed by atoms with Gasteiger partial charge in [0.25, 0.3) is 0 Å². The molecular formula is C23H40O. The monoisotopic (exact) mass is 332 g/mol. The van der Waals surface area contributed by atoms with Crippen LogP contribution >= 0.6 is 0 Å². The van der Waals surface area contributed by atoms with E-state index in [0.29, 0.717) is 5.75 Å². The van der Waals surface area contributed by atoms with Crippen LogP contribution in [0.15, 0.2) is 24.3 Å². The van der Waals surface area contributed by atoms with Crippen LogP contribution in [0.25, 0.3) is 0 Å². The molecule has 2 aliphatic carbocycles. The standard InChI is InChI=1S/C13H18O.C8H16.C2H6/c1-10-2-4-11(5-3-10)12-6-8-13(14)9-7-12;1-7-3-5-8(2)6-4-7;1-2/h6-11,14H,2-5H2,1H3;7-8H,3-6H2,1-2H3;1-2H3. The zero-order chi connectivity index (χ0) is 17.9. The molecule has 1 heteroatoms. The molecule has 2 aliphatic rings. The molecule has 2 fully saturated rings. The molecule has 0 bridgehead atoms. The van der Waals surface area contributed by atoms with Gasteiger partial charge in [-0.1, -0.05) is 85.3 Å². The van der Waals surface area contributed by atoms with Crippen LogP contribution in [-0.2, 0) is 0 Å². The van der Waals surface area contributed by atoms with Gasteiger partial charge in [0.05, 0.1) is 0 Å². The molecule has 0 unspecified atom stereocenters. The molecule has 0 aliphatic heterocycles. The van der Waals surface area contributed by atoms with E-state index < -0.39 is 0 Å². The summed E-state index contributed by atoms with van der Waals surface area (Å²) in [6, 6.07) is 7.73. The van der Waals surface area contributed by atoms with E-state index in [1.165, 1.54) is 56.9 Å². The van der Waals surface area contributed by atoms with Crippen molar-refractivity contribution >= 4 is 0 Å². The number of hydrogen-bond acceptors (Lipinski definition) is 1. The summed E-state index contributed by atoms with van der Waals surface area (Å²) in [5.74, 6) is 4.05. The lowest BCUT2D eigenvalue weighted by molar-refractivity contribution is 0.308. The van der Waals surface area contributed by atoms with Gasteiger partial charge in [0, 0.05) is 0 Å². The first-order chi connectivity index (χ1) is 11.5. The van der Waals surface area contributed by atoms with Gasteiger partial charge < -0.3 is 5.11 Å². The maximum absolute atomic E-state index is 9.20. The molecule has 2 saturated carbocycles. The molecule has 1 aromatic rings. The highest BCUT2D eigenvalue weighted by atomic mass is 16.3. The molecule has 0 aromatic heterocycles. The second-order valence-electron chi connectivity index (χ2n) is 7.91. The zero-order valence-electron chi connectivity index (χ0n) is 16.7. The van der Waals surface area contributed by atoms with Gasteiger partial charge >= 0.3 is 0 Å². The van der Waals surface area contributed by atoms with E-state index >= 15 is 0 Å². The molecule has 0 atom stereocenters. The summed E-state index contributed by atoms with van der Waals surface area (Å²) >= 11 is 0. The molecule has 0 saturated heterocycles. The topological polar surface area (TPSA) is 20.2 Å². The van der Waals surface area contributed by atoms with Gasteiger partial charge in [-0.3, -0.25) is 0 Å². The SMILES string of the molecule is CC.CC1CCC(C)CC1.CC1CCC(c2ccc(O)cc2)CC1. The number of phenols is 1. The predicted molar refractivity (Wildman–Crippen MR) is 107 cm³/mol. The van der Waals surface area contributed by atoms with E-state index in [1.807, 2.05) is 13.8 Å². The number of phenolic OH excluding ortho intramolecular Hbond substituents is 1. The van der Waals surface area contributed by atoms with Gasteiger partial charge in [0.1, 0.15) is 5.75 Å². The van der Waals surface area contributed by atoms with Crippen LogP contribution in [0.4, 0.5) is 0 Å². The molecule has 24 heavy (non-hydrogen) atoms. The van der Waals surface area contributed by atoms with Crippen LogP contribution in [0.3, 0.4) is 0 Å². The fraction of sp³-hybridized carbons (Fsp3) is 0.739. The summed E-state index contributed by atoms with van der Waals surface area (Å²) in [7, 11) is 0. The largest absolute Gasteiger partial charge is 0.508 e. The lowest BCUT2D eigenvalue weighted by Crippen LogP contribution is -2.10. The van der Waals surface area contributed by atoms with E-state index in [1.54, 1.807) is 12.1 Å². The molecule has 1 N–H and O–H groups in total. The van der Waals surface area contributed by atoms with E-state index in [-0.39, 0.29) is 0 Å².